The molecule has 0 heterocycles. The lowest BCUT2D eigenvalue weighted by Gasteiger charge is -2.22. The second-order valence-corrected chi connectivity index (χ2v) is 12.3. The third-order valence-electron chi connectivity index (χ3n) is 1.97. The summed E-state index contributed by atoms with van der Waals surface area (Å²) >= 11 is 0. The quantitative estimate of drug-likeness (QED) is 0.291. The number of unbranched alkanes of at least 4 members (excludes halogenated alkanes) is 1. The molecule has 0 aliphatic rings. The number of esters is 1. The minimum absolute atomic E-state index is 0.330. The molecule has 0 bridgehead atoms. The monoisotopic (exact) mass is 260 g/mol. The highest BCUT2D eigenvalue weighted by Gasteiger charge is 2.18. The SMILES string of the molecule is C=CC(=O)OCCCC[SiH](C)O[Si](C)(C)C. The molecule has 0 aromatic carbocycles. The van der Waals surface area contributed by atoms with Crippen LogP contribution in [0.4, 0.5) is 0 Å². The third kappa shape index (κ3) is 10.1. The van der Waals surface area contributed by atoms with E-state index in [0.29, 0.717) is 6.61 Å². The van der Waals surface area contributed by atoms with Crippen molar-refractivity contribution in [1.29, 1.82) is 0 Å². The number of hydrogen-bond acceptors (Lipinski definition) is 3. The van der Waals surface area contributed by atoms with Gasteiger partial charge < -0.3 is 8.85 Å². The van der Waals surface area contributed by atoms with Gasteiger partial charge in [0.25, 0.3) is 0 Å². The van der Waals surface area contributed by atoms with Crippen molar-refractivity contribution in [2.45, 2.75) is 45.1 Å². The molecular weight excluding hydrogens is 236 g/mol. The van der Waals surface area contributed by atoms with E-state index in [0.717, 1.165) is 18.9 Å². The molecule has 0 aliphatic heterocycles. The van der Waals surface area contributed by atoms with Gasteiger partial charge in [0.05, 0.1) is 6.61 Å². The molecule has 16 heavy (non-hydrogen) atoms. The molecular formula is C11H24O3Si2. The topological polar surface area (TPSA) is 35.5 Å². The average Bonchev–Trinajstić information content (AvgIpc) is 2.14. The van der Waals surface area contributed by atoms with Crippen molar-refractivity contribution >= 4 is 23.3 Å². The molecule has 0 rings (SSSR count). The maximum Gasteiger partial charge on any atom is 0.330 e. The van der Waals surface area contributed by atoms with Gasteiger partial charge in [-0.3, -0.25) is 0 Å². The largest absolute Gasteiger partial charge is 0.463 e. The van der Waals surface area contributed by atoms with E-state index in [1.807, 2.05) is 0 Å². The van der Waals surface area contributed by atoms with E-state index in [2.05, 4.69) is 32.8 Å². The number of carbonyl (C=O) groups excluding carboxylic acids is 1. The molecule has 0 spiro atoms. The lowest BCUT2D eigenvalue weighted by Crippen LogP contribution is -2.32. The van der Waals surface area contributed by atoms with E-state index in [9.17, 15) is 4.79 Å². The first-order valence-electron chi connectivity index (χ1n) is 5.82. The highest BCUT2D eigenvalue weighted by atomic mass is 28.4. The summed E-state index contributed by atoms with van der Waals surface area (Å²) in [5.74, 6) is -0.330. The molecule has 1 atom stereocenters. The molecule has 0 fully saturated rings. The van der Waals surface area contributed by atoms with Gasteiger partial charge in [-0.2, -0.15) is 0 Å². The van der Waals surface area contributed by atoms with Crippen LogP contribution >= 0.6 is 0 Å². The molecule has 0 radical (unpaired) electrons. The van der Waals surface area contributed by atoms with Crippen LogP contribution in [-0.2, 0) is 13.6 Å². The Hall–Kier alpha value is -0.396. The zero-order valence-electron chi connectivity index (χ0n) is 10.9. The molecule has 0 saturated carbocycles. The van der Waals surface area contributed by atoms with E-state index in [1.165, 1.54) is 6.08 Å². The van der Waals surface area contributed by atoms with Gasteiger partial charge in [0.2, 0.25) is 0 Å². The minimum atomic E-state index is -1.35. The van der Waals surface area contributed by atoms with Crippen LogP contribution in [0.5, 0.6) is 0 Å². The fourth-order valence-electron chi connectivity index (χ4n) is 1.43. The fourth-order valence-corrected chi connectivity index (χ4v) is 7.59. The van der Waals surface area contributed by atoms with Crippen molar-refractivity contribution in [2.24, 2.45) is 0 Å². The van der Waals surface area contributed by atoms with Gasteiger partial charge in [0, 0.05) is 6.08 Å². The Balaban J connectivity index is 3.45. The third-order valence-corrected chi connectivity index (χ3v) is 7.63. The zero-order chi connectivity index (χ0) is 12.6. The average molecular weight is 260 g/mol. The molecule has 0 aromatic rings. The van der Waals surface area contributed by atoms with Crippen LogP contribution < -0.4 is 0 Å². The Morgan fingerprint density at radius 2 is 2.00 bits per heavy atom. The van der Waals surface area contributed by atoms with Crippen LogP contribution in [0.2, 0.25) is 32.2 Å². The van der Waals surface area contributed by atoms with Crippen LogP contribution in [0.1, 0.15) is 12.8 Å². The van der Waals surface area contributed by atoms with E-state index in [1.54, 1.807) is 0 Å². The van der Waals surface area contributed by atoms with Crippen molar-refractivity contribution in [1.82, 2.24) is 0 Å². The lowest BCUT2D eigenvalue weighted by atomic mass is 10.4. The van der Waals surface area contributed by atoms with Gasteiger partial charge in [0.15, 0.2) is 17.4 Å². The van der Waals surface area contributed by atoms with Crippen LogP contribution in [0.25, 0.3) is 0 Å². The molecule has 0 N–H and O–H groups in total. The summed E-state index contributed by atoms with van der Waals surface area (Å²) in [6, 6.07) is 1.16. The summed E-state index contributed by atoms with van der Waals surface area (Å²) in [4.78, 5) is 10.7. The van der Waals surface area contributed by atoms with Crippen molar-refractivity contribution in [3.8, 4) is 0 Å². The predicted octanol–water partition coefficient (Wildman–Crippen LogP) is 2.70. The standard InChI is InChI=1S/C11H24O3Si2/c1-6-11(12)13-9-7-8-10-15(2)14-16(3,4)5/h6,15H,1,7-10H2,2-5H3. The summed E-state index contributed by atoms with van der Waals surface area (Å²) in [5, 5.41) is 0. The normalized spacial score (nSPS) is 13.2. The summed E-state index contributed by atoms with van der Waals surface area (Å²) < 4.78 is 10.9. The predicted molar refractivity (Wildman–Crippen MR) is 72.6 cm³/mol. The van der Waals surface area contributed by atoms with E-state index in [4.69, 9.17) is 8.85 Å². The van der Waals surface area contributed by atoms with E-state index >= 15 is 0 Å². The molecule has 0 saturated heterocycles. The van der Waals surface area contributed by atoms with Crippen molar-refractivity contribution in [3.63, 3.8) is 0 Å². The Kier molecular flexibility index (Phi) is 7.62. The summed E-state index contributed by atoms with van der Waals surface area (Å²) in [7, 11) is -2.35. The smallest absolute Gasteiger partial charge is 0.330 e. The Morgan fingerprint density at radius 3 is 2.50 bits per heavy atom. The van der Waals surface area contributed by atoms with Gasteiger partial charge in [-0.1, -0.05) is 13.0 Å². The highest BCUT2D eigenvalue weighted by molar-refractivity contribution is 6.77. The van der Waals surface area contributed by atoms with Gasteiger partial charge >= 0.3 is 5.97 Å². The minimum Gasteiger partial charge on any atom is -0.463 e. The molecule has 5 heteroatoms. The van der Waals surface area contributed by atoms with Crippen molar-refractivity contribution in [2.75, 3.05) is 6.61 Å². The zero-order valence-corrected chi connectivity index (χ0v) is 13.1. The van der Waals surface area contributed by atoms with Gasteiger partial charge in [0.1, 0.15) is 0 Å². The first-order chi connectivity index (χ1) is 7.35. The van der Waals surface area contributed by atoms with Crippen molar-refractivity contribution in [3.05, 3.63) is 12.7 Å². The Morgan fingerprint density at radius 1 is 1.38 bits per heavy atom. The van der Waals surface area contributed by atoms with Gasteiger partial charge in [-0.05, 0) is 38.7 Å². The fraction of sp³-hybridized carbons (Fsp3) is 0.727. The molecule has 3 nitrogen and oxygen atoms in total. The maximum absolute atomic E-state index is 10.7. The van der Waals surface area contributed by atoms with E-state index < -0.39 is 17.4 Å². The molecule has 94 valence electrons. The number of hydrogen-bond donors (Lipinski definition) is 0. The number of ether oxygens (including phenoxy) is 1. The number of rotatable bonds is 8. The highest BCUT2D eigenvalue weighted by Crippen LogP contribution is 2.10. The van der Waals surface area contributed by atoms with Crippen LogP contribution in [0.3, 0.4) is 0 Å². The first-order valence-corrected chi connectivity index (χ1v) is 11.7. The molecule has 0 amide bonds. The summed E-state index contributed by atoms with van der Waals surface area (Å²) in [6.07, 6.45) is 3.21. The Labute approximate surface area is 102 Å². The molecule has 1 unspecified atom stereocenters. The Bertz CT molecular complexity index is 224. The van der Waals surface area contributed by atoms with Crippen LogP contribution in [0, 0.1) is 0 Å². The second-order valence-electron chi connectivity index (χ2n) is 4.91. The van der Waals surface area contributed by atoms with Gasteiger partial charge in [-0.15, -0.1) is 0 Å². The lowest BCUT2D eigenvalue weighted by molar-refractivity contribution is -0.137. The molecule has 0 aliphatic carbocycles. The second kappa shape index (κ2) is 7.81. The van der Waals surface area contributed by atoms with Crippen LogP contribution in [-0.4, -0.2) is 29.9 Å². The van der Waals surface area contributed by atoms with E-state index in [-0.39, 0.29) is 5.97 Å². The first kappa shape index (κ1) is 15.6. The number of carbonyl (C=O) groups is 1. The van der Waals surface area contributed by atoms with Crippen LogP contribution in [0.15, 0.2) is 12.7 Å². The summed E-state index contributed by atoms with van der Waals surface area (Å²) in [6.45, 7) is 12.8. The summed E-state index contributed by atoms with van der Waals surface area (Å²) in [5.41, 5.74) is 0. The van der Waals surface area contributed by atoms with Crippen molar-refractivity contribution < 1.29 is 13.6 Å². The maximum atomic E-state index is 10.7. The van der Waals surface area contributed by atoms with Gasteiger partial charge in [-0.25, -0.2) is 4.79 Å². The molecule has 0 aromatic heterocycles.